The fraction of sp³-hybridized carbons (Fsp3) is 1.00. The molecular formula is C10H19NO2S. The molecule has 14 heavy (non-hydrogen) atoms. The monoisotopic (exact) mass is 217 g/mol. The Bertz CT molecular complexity index is 269. The molecule has 3 saturated carbocycles. The highest BCUT2D eigenvalue weighted by Crippen LogP contribution is 2.64. The van der Waals surface area contributed by atoms with Crippen LogP contribution in [0.5, 0.6) is 0 Å². The lowest BCUT2D eigenvalue weighted by Gasteiger charge is -2.54. The molecule has 2 bridgehead atoms. The van der Waals surface area contributed by atoms with Gasteiger partial charge in [0.15, 0.2) is 11.1 Å². The van der Waals surface area contributed by atoms with Gasteiger partial charge in [0.1, 0.15) is 0 Å². The molecule has 3 N–H and O–H groups in total. The van der Waals surface area contributed by atoms with Crippen molar-refractivity contribution in [3.63, 3.8) is 0 Å². The van der Waals surface area contributed by atoms with Gasteiger partial charge in [0, 0.05) is 11.5 Å². The predicted octanol–water partition coefficient (Wildman–Crippen LogP) is 1.22. The third kappa shape index (κ3) is 1.20. The standard InChI is InChI=1S/C10H19NO2S/c1-6(2)8-7-3-4-10(8,9(7)11)5-14(12)13/h6-9H,3-5,11H2,1-2H3,(H,12,13). The highest BCUT2D eigenvalue weighted by molar-refractivity contribution is 7.79. The van der Waals surface area contributed by atoms with Gasteiger partial charge in [-0.25, -0.2) is 4.21 Å². The summed E-state index contributed by atoms with van der Waals surface area (Å²) in [5, 5.41) is 0. The van der Waals surface area contributed by atoms with Crippen LogP contribution >= 0.6 is 0 Å². The van der Waals surface area contributed by atoms with E-state index in [4.69, 9.17) is 10.3 Å². The molecule has 3 rings (SSSR count). The van der Waals surface area contributed by atoms with Crippen LogP contribution in [0, 0.1) is 23.2 Å². The Morgan fingerprint density at radius 1 is 1.64 bits per heavy atom. The zero-order valence-corrected chi connectivity index (χ0v) is 9.59. The number of rotatable bonds is 3. The quantitative estimate of drug-likeness (QED) is 0.699. The van der Waals surface area contributed by atoms with Crippen molar-refractivity contribution in [3.05, 3.63) is 0 Å². The molecule has 0 aromatic carbocycles. The molecule has 5 atom stereocenters. The van der Waals surface area contributed by atoms with Crippen LogP contribution in [0.15, 0.2) is 0 Å². The molecule has 3 aliphatic carbocycles. The Hall–Kier alpha value is 0.0700. The summed E-state index contributed by atoms with van der Waals surface area (Å²) in [4.78, 5) is 0. The van der Waals surface area contributed by atoms with E-state index in [1.54, 1.807) is 0 Å². The number of fused-ring (bicyclic) bond motifs is 1. The molecule has 0 saturated heterocycles. The molecule has 3 fully saturated rings. The van der Waals surface area contributed by atoms with Gasteiger partial charge >= 0.3 is 0 Å². The molecule has 4 heteroatoms. The summed E-state index contributed by atoms with van der Waals surface area (Å²) in [5.74, 6) is 2.16. The molecule has 82 valence electrons. The third-order valence-electron chi connectivity index (χ3n) is 4.30. The van der Waals surface area contributed by atoms with Gasteiger partial charge in [0.25, 0.3) is 0 Å². The van der Waals surface area contributed by atoms with Gasteiger partial charge in [-0.05, 0) is 30.6 Å². The largest absolute Gasteiger partial charge is 0.327 e. The van der Waals surface area contributed by atoms with Crippen LogP contribution < -0.4 is 5.73 Å². The van der Waals surface area contributed by atoms with E-state index in [0.29, 0.717) is 23.5 Å². The van der Waals surface area contributed by atoms with Crippen LogP contribution in [0.3, 0.4) is 0 Å². The minimum atomic E-state index is -1.69. The minimum Gasteiger partial charge on any atom is -0.327 e. The van der Waals surface area contributed by atoms with Crippen LogP contribution in [0.4, 0.5) is 0 Å². The van der Waals surface area contributed by atoms with E-state index >= 15 is 0 Å². The maximum atomic E-state index is 11.0. The van der Waals surface area contributed by atoms with Gasteiger partial charge in [-0.15, -0.1) is 0 Å². The highest BCUT2D eigenvalue weighted by atomic mass is 32.2. The fourth-order valence-corrected chi connectivity index (χ4v) is 4.95. The van der Waals surface area contributed by atoms with Crippen LogP contribution in [-0.4, -0.2) is 20.6 Å². The lowest BCUT2D eigenvalue weighted by atomic mass is 9.54. The molecule has 0 heterocycles. The van der Waals surface area contributed by atoms with Gasteiger partial charge in [-0.2, -0.15) is 0 Å². The second-order valence-corrected chi connectivity index (χ2v) is 6.13. The lowest BCUT2D eigenvalue weighted by molar-refractivity contribution is -0.0154. The zero-order chi connectivity index (χ0) is 10.5. The topological polar surface area (TPSA) is 63.3 Å². The summed E-state index contributed by atoms with van der Waals surface area (Å²) in [5.41, 5.74) is 6.08. The molecule has 0 aromatic rings. The van der Waals surface area contributed by atoms with Crippen LogP contribution in [-0.2, 0) is 11.1 Å². The van der Waals surface area contributed by atoms with E-state index in [9.17, 15) is 4.21 Å². The van der Waals surface area contributed by atoms with Gasteiger partial charge in [0.2, 0.25) is 0 Å². The first-order chi connectivity index (χ1) is 6.49. The summed E-state index contributed by atoms with van der Waals surface area (Å²) in [6, 6.07) is 0.172. The molecule has 0 amide bonds. The first-order valence-electron chi connectivity index (χ1n) is 5.32. The van der Waals surface area contributed by atoms with E-state index in [1.807, 2.05) is 0 Å². The van der Waals surface area contributed by atoms with E-state index in [2.05, 4.69) is 13.8 Å². The first kappa shape index (κ1) is 10.6. The summed E-state index contributed by atoms with van der Waals surface area (Å²) in [7, 11) is 0. The SMILES string of the molecule is CC(C)C1C2CCC1(CS(=O)O)C2N. The Labute approximate surface area is 87.7 Å². The number of hydrogen-bond acceptors (Lipinski definition) is 2. The van der Waals surface area contributed by atoms with Crippen molar-refractivity contribution >= 4 is 11.1 Å². The Morgan fingerprint density at radius 2 is 2.29 bits per heavy atom. The summed E-state index contributed by atoms with van der Waals surface area (Å²) in [6.07, 6.45) is 2.20. The summed E-state index contributed by atoms with van der Waals surface area (Å²) >= 11 is -1.69. The second-order valence-electron chi connectivity index (χ2n) is 5.20. The van der Waals surface area contributed by atoms with Crippen molar-refractivity contribution in [2.24, 2.45) is 28.9 Å². The van der Waals surface area contributed by atoms with Crippen LogP contribution in [0.25, 0.3) is 0 Å². The second kappa shape index (κ2) is 3.29. The molecule has 0 aromatic heterocycles. The molecule has 3 aliphatic rings. The maximum absolute atomic E-state index is 11.0. The zero-order valence-electron chi connectivity index (χ0n) is 8.77. The molecule has 0 radical (unpaired) electrons. The van der Waals surface area contributed by atoms with E-state index in [0.717, 1.165) is 12.8 Å². The average molecular weight is 217 g/mol. The van der Waals surface area contributed by atoms with Crippen molar-refractivity contribution in [2.45, 2.75) is 32.7 Å². The van der Waals surface area contributed by atoms with E-state index < -0.39 is 11.1 Å². The van der Waals surface area contributed by atoms with Gasteiger partial charge in [-0.1, -0.05) is 13.8 Å². The van der Waals surface area contributed by atoms with Crippen molar-refractivity contribution in [3.8, 4) is 0 Å². The van der Waals surface area contributed by atoms with Crippen molar-refractivity contribution in [1.29, 1.82) is 0 Å². The number of hydrogen-bond donors (Lipinski definition) is 2. The molecule has 5 unspecified atom stereocenters. The third-order valence-corrected chi connectivity index (χ3v) is 5.09. The minimum absolute atomic E-state index is 0.0154. The van der Waals surface area contributed by atoms with Gasteiger partial charge < -0.3 is 10.3 Å². The highest BCUT2D eigenvalue weighted by Gasteiger charge is 2.65. The lowest BCUT2D eigenvalue weighted by Crippen LogP contribution is -2.63. The molecule has 3 nitrogen and oxygen atoms in total. The summed E-state index contributed by atoms with van der Waals surface area (Å²) in [6.45, 7) is 4.40. The van der Waals surface area contributed by atoms with Crippen molar-refractivity contribution < 1.29 is 8.76 Å². The van der Waals surface area contributed by atoms with Crippen molar-refractivity contribution in [2.75, 3.05) is 5.75 Å². The Morgan fingerprint density at radius 3 is 2.71 bits per heavy atom. The normalized spacial score (nSPS) is 47.9. The van der Waals surface area contributed by atoms with Crippen LogP contribution in [0.2, 0.25) is 0 Å². The van der Waals surface area contributed by atoms with Gasteiger partial charge in [0.05, 0.1) is 5.75 Å². The predicted molar refractivity (Wildman–Crippen MR) is 57.1 cm³/mol. The molecule has 0 spiro atoms. The molecule has 0 aliphatic heterocycles. The van der Waals surface area contributed by atoms with E-state index in [-0.39, 0.29) is 11.5 Å². The Balaban J connectivity index is 2.19. The van der Waals surface area contributed by atoms with E-state index in [1.165, 1.54) is 0 Å². The first-order valence-corrected chi connectivity index (χ1v) is 6.59. The van der Waals surface area contributed by atoms with Gasteiger partial charge in [-0.3, -0.25) is 0 Å². The Kier molecular flexibility index (Phi) is 2.48. The number of nitrogens with two attached hydrogens (primary N) is 1. The summed E-state index contributed by atoms with van der Waals surface area (Å²) < 4.78 is 20.0. The smallest absolute Gasteiger partial charge is 0.153 e. The fourth-order valence-electron chi connectivity index (χ4n) is 3.96. The average Bonchev–Trinajstić information content (AvgIpc) is 2.56. The van der Waals surface area contributed by atoms with Crippen LogP contribution in [0.1, 0.15) is 26.7 Å². The van der Waals surface area contributed by atoms with Crippen molar-refractivity contribution in [1.82, 2.24) is 0 Å². The maximum Gasteiger partial charge on any atom is 0.153 e. The molecular weight excluding hydrogens is 198 g/mol.